The van der Waals surface area contributed by atoms with Crippen molar-refractivity contribution in [2.75, 3.05) is 5.32 Å². The fraction of sp³-hybridized carbons (Fsp3) is 0.500. The molecule has 1 aliphatic rings. The first kappa shape index (κ1) is 11.0. The third kappa shape index (κ3) is 1.88. The molecule has 0 aromatic carbocycles. The molecule has 0 bridgehead atoms. The van der Waals surface area contributed by atoms with Crippen LogP contribution in [0.2, 0.25) is 0 Å². The monoisotopic (exact) mass is 216 g/mol. The molecule has 0 aliphatic heterocycles. The van der Waals surface area contributed by atoms with Crippen molar-refractivity contribution in [1.29, 1.82) is 0 Å². The summed E-state index contributed by atoms with van der Waals surface area (Å²) >= 11 is 0. The molecule has 4 N–H and O–H groups in total. The Morgan fingerprint density at radius 3 is 2.79 bits per heavy atom. The van der Waals surface area contributed by atoms with E-state index in [-0.39, 0.29) is 18.3 Å². The number of aromatic amines is 1. The van der Waals surface area contributed by atoms with E-state index in [9.17, 15) is 4.79 Å². The summed E-state index contributed by atoms with van der Waals surface area (Å²) in [5.41, 5.74) is 5.85. The van der Waals surface area contributed by atoms with Gasteiger partial charge in [-0.05, 0) is 19.3 Å². The van der Waals surface area contributed by atoms with Crippen molar-refractivity contribution in [2.24, 2.45) is 5.73 Å². The standard InChI is InChI=1S/C8H12N4O.ClH/c9-8(2-1-3-8)7(13)12-6-4-10-11-5-6;/h4-5H,1-3,9H2,(H,10,11)(H,12,13);1H. The van der Waals surface area contributed by atoms with Crippen molar-refractivity contribution in [3.8, 4) is 0 Å². The summed E-state index contributed by atoms with van der Waals surface area (Å²) in [4.78, 5) is 11.5. The third-order valence-electron chi connectivity index (χ3n) is 2.45. The lowest BCUT2D eigenvalue weighted by Gasteiger charge is -2.35. The van der Waals surface area contributed by atoms with E-state index >= 15 is 0 Å². The van der Waals surface area contributed by atoms with Crippen LogP contribution in [0.15, 0.2) is 12.4 Å². The molecule has 0 spiro atoms. The molecule has 1 fully saturated rings. The predicted molar refractivity (Wildman–Crippen MR) is 55.2 cm³/mol. The van der Waals surface area contributed by atoms with Crippen LogP contribution >= 0.6 is 12.4 Å². The highest BCUT2D eigenvalue weighted by atomic mass is 35.5. The second kappa shape index (κ2) is 3.98. The van der Waals surface area contributed by atoms with Crippen LogP contribution in [0.3, 0.4) is 0 Å². The van der Waals surface area contributed by atoms with Gasteiger partial charge in [-0.3, -0.25) is 9.89 Å². The van der Waals surface area contributed by atoms with Crippen molar-refractivity contribution in [3.05, 3.63) is 12.4 Å². The molecule has 2 rings (SSSR count). The first-order valence-electron chi connectivity index (χ1n) is 4.30. The number of rotatable bonds is 2. The molecule has 1 aliphatic carbocycles. The topological polar surface area (TPSA) is 83.8 Å². The van der Waals surface area contributed by atoms with Crippen molar-refractivity contribution in [2.45, 2.75) is 24.8 Å². The van der Waals surface area contributed by atoms with Gasteiger partial charge in [-0.2, -0.15) is 5.10 Å². The number of hydrogen-bond acceptors (Lipinski definition) is 3. The maximum Gasteiger partial charge on any atom is 0.244 e. The number of carbonyl (C=O) groups is 1. The number of H-pyrrole nitrogens is 1. The van der Waals surface area contributed by atoms with E-state index in [0.29, 0.717) is 5.69 Å². The van der Waals surface area contributed by atoms with Crippen LogP contribution in [-0.4, -0.2) is 21.6 Å². The Balaban J connectivity index is 0.000000980. The lowest BCUT2D eigenvalue weighted by molar-refractivity contribution is -0.123. The van der Waals surface area contributed by atoms with Crippen LogP contribution in [-0.2, 0) is 4.79 Å². The van der Waals surface area contributed by atoms with Gasteiger partial charge in [-0.1, -0.05) is 0 Å². The molecule has 5 nitrogen and oxygen atoms in total. The van der Waals surface area contributed by atoms with Gasteiger partial charge in [0.1, 0.15) is 0 Å². The summed E-state index contributed by atoms with van der Waals surface area (Å²) in [6.07, 6.45) is 5.77. The van der Waals surface area contributed by atoms with Gasteiger partial charge in [0.05, 0.1) is 17.4 Å². The number of anilines is 1. The lowest BCUT2D eigenvalue weighted by atomic mass is 9.77. The fourth-order valence-corrected chi connectivity index (χ4v) is 1.36. The maximum atomic E-state index is 11.5. The molecule has 0 saturated heterocycles. The Hall–Kier alpha value is -1.07. The number of amides is 1. The van der Waals surface area contributed by atoms with Crippen LogP contribution in [0.1, 0.15) is 19.3 Å². The number of carbonyl (C=O) groups excluding carboxylic acids is 1. The van der Waals surface area contributed by atoms with E-state index in [1.807, 2.05) is 0 Å². The minimum Gasteiger partial charge on any atom is -0.322 e. The van der Waals surface area contributed by atoms with E-state index in [1.54, 1.807) is 12.4 Å². The zero-order valence-corrected chi connectivity index (χ0v) is 8.43. The van der Waals surface area contributed by atoms with E-state index < -0.39 is 5.54 Å². The SMILES string of the molecule is Cl.NC1(C(=O)Nc2cn[nH]c2)CCC1. The molecule has 1 saturated carbocycles. The number of nitrogens with one attached hydrogen (secondary N) is 2. The molecule has 1 amide bonds. The van der Waals surface area contributed by atoms with E-state index in [4.69, 9.17) is 5.73 Å². The fourth-order valence-electron chi connectivity index (χ4n) is 1.36. The quantitative estimate of drug-likeness (QED) is 0.679. The van der Waals surface area contributed by atoms with Gasteiger partial charge in [0.2, 0.25) is 5.91 Å². The molecular formula is C8H13ClN4O. The largest absolute Gasteiger partial charge is 0.322 e. The smallest absolute Gasteiger partial charge is 0.244 e. The van der Waals surface area contributed by atoms with Crippen LogP contribution < -0.4 is 11.1 Å². The molecule has 0 radical (unpaired) electrons. The normalized spacial score (nSPS) is 17.8. The van der Waals surface area contributed by atoms with Crippen LogP contribution in [0.25, 0.3) is 0 Å². The average Bonchev–Trinajstić information content (AvgIpc) is 2.52. The van der Waals surface area contributed by atoms with Gasteiger partial charge < -0.3 is 11.1 Å². The second-order valence-corrected chi connectivity index (χ2v) is 3.45. The van der Waals surface area contributed by atoms with E-state index in [1.165, 1.54) is 0 Å². The molecule has 0 atom stereocenters. The van der Waals surface area contributed by atoms with Crippen LogP contribution in [0.4, 0.5) is 5.69 Å². The number of aromatic nitrogens is 2. The highest BCUT2D eigenvalue weighted by Crippen LogP contribution is 2.30. The Kier molecular flexibility index (Phi) is 3.13. The summed E-state index contributed by atoms with van der Waals surface area (Å²) in [6.45, 7) is 0. The zero-order valence-electron chi connectivity index (χ0n) is 7.62. The Morgan fingerprint density at radius 1 is 1.64 bits per heavy atom. The highest BCUT2D eigenvalue weighted by molar-refractivity contribution is 5.98. The van der Waals surface area contributed by atoms with Gasteiger partial charge in [0.25, 0.3) is 0 Å². The van der Waals surface area contributed by atoms with E-state index in [0.717, 1.165) is 19.3 Å². The minimum absolute atomic E-state index is 0. The number of halogens is 1. The first-order valence-corrected chi connectivity index (χ1v) is 4.30. The van der Waals surface area contributed by atoms with Crippen LogP contribution in [0, 0.1) is 0 Å². The van der Waals surface area contributed by atoms with Gasteiger partial charge in [-0.15, -0.1) is 12.4 Å². The van der Waals surface area contributed by atoms with Crippen molar-refractivity contribution < 1.29 is 4.79 Å². The Morgan fingerprint density at radius 2 is 2.36 bits per heavy atom. The first-order chi connectivity index (χ1) is 6.21. The van der Waals surface area contributed by atoms with Crippen molar-refractivity contribution in [3.63, 3.8) is 0 Å². The highest BCUT2D eigenvalue weighted by Gasteiger charge is 2.40. The summed E-state index contributed by atoms with van der Waals surface area (Å²) < 4.78 is 0. The molecule has 6 heteroatoms. The number of nitrogens with two attached hydrogens (primary N) is 1. The third-order valence-corrected chi connectivity index (χ3v) is 2.45. The van der Waals surface area contributed by atoms with Gasteiger partial charge in [-0.25, -0.2) is 0 Å². The van der Waals surface area contributed by atoms with Crippen molar-refractivity contribution in [1.82, 2.24) is 10.2 Å². The molecule has 14 heavy (non-hydrogen) atoms. The lowest BCUT2D eigenvalue weighted by Crippen LogP contribution is -2.56. The van der Waals surface area contributed by atoms with E-state index in [2.05, 4.69) is 15.5 Å². The van der Waals surface area contributed by atoms with Crippen LogP contribution in [0.5, 0.6) is 0 Å². The Labute approximate surface area is 87.9 Å². The summed E-state index contributed by atoms with van der Waals surface area (Å²) in [7, 11) is 0. The van der Waals surface area contributed by atoms with Crippen molar-refractivity contribution >= 4 is 24.0 Å². The van der Waals surface area contributed by atoms with Gasteiger partial charge >= 0.3 is 0 Å². The summed E-state index contributed by atoms with van der Waals surface area (Å²) in [5, 5.41) is 9.04. The number of nitrogens with zero attached hydrogens (tertiary/aromatic N) is 1. The molecule has 1 heterocycles. The van der Waals surface area contributed by atoms with Gasteiger partial charge in [0, 0.05) is 6.20 Å². The summed E-state index contributed by atoms with van der Waals surface area (Å²) in [5.74, 6) is -0.111. The number of hydrogen-bond donors (Lipinski definition) is 3. The Bertz CT molecular complexity index is 307. The maximum absolute atomic E-state index is 11.5. The predicted octanol–water partition coefficient (Wildman–Crippen LogP) is 0.651. The molecule has 0 unspecified atom stereocenters. The second-order valence-electron chi connectivity index (χ2n) is 3.45. The zero-order chi connectivity index (χ0) is 9.31. The minimum atomic E-state index is -0.642. The molecule has 1 aromatic heterocycles. The molecular weight excluding hydrogens is 204 g/mol. The van der Waals surface area contributed by atoms with Gasteiger partial charge in [0.15, 0.2) is 0 Å². The molecule has 78 valence electrons. The average molecular weight is 217 g/mol. The summed E-state index contributed by atoms with van der Waals surface area (Å²) in [6, 6.07) is 0. The molecule has 1 aromatic rings.